The molecule has 1 aromatic heterocycles. The highest BCUT2D eigenvalue weighted by Crippen LogP contribution is 2.51. The van der Waals surface area contributed by atoms with E-state index in [0.29, 0.717) is 28.2 Å². The van der Waals surface area contributed by atoms with Gasteiger partial charge in [0.15, 0.2) is 0 Å². The number of benzene rings is 3. The van der Waals surface area contributed by atoms with Gasteiger partial charge < -0.3 is 24.6 Å². The topological polar surface area (TPSA) is 132 Å². The molecule has 1 fully saturated rings. The van der Waals surface area contributed by atoms with Gasteiger partial charge >= 0.3 is 17.8 Å². The fourth-order valence-electron chi connectivity index (χ4n) is 6.18. The lowest BCUT2D eigenvalue weighted by molar-refractivity contribution is -0.175. The molecule has 0 spiro atoms. The number of carbonyl (C=O) groups excluding carboxylic acids is 1. The van der Waals surface area contributed by atoms with E-state index < -0.39 is 53.2 Å². The Hall–Kier alpha value is -4.88. The summed E-state index contributed by atoms with van der Waals surface area (Å²) < 4.78 is 59.6. The number of hydrogen-bond donors (Lipinski definition) is 3. The first kappa shape index (κ1) is 32.5. The Morgan fingerprint density at radius 3 is 2.04 bits per heavy atom. The minimum Gasteiger partial charge on any atom is -0.496 e. The van der Waals surface area contributed by atoms with E-state index in [4.69, 9.17) is 14.2 Å². The van der Waals surface area contributed by atoms with Crippen LogP contribution in [0.25, 0.3) is 0 Å². The molecular weight excluding hydrogens is 607 g/mol. The average Bonchev–Trinajstić information content (AvgIpc) is 3.46. The second kappa shape index (κ2) is 12.9. The summed E-state index contributed by atoms with van der Waals surface area (Å²) in [5, 5.41) is 14.7. The van der Waals surface area contributed by atoms with Crippen LogP contribution < -0.4 is 26.0 Å². The van der Waals surface area contributed by atoms with E-state index in [2.05, 4.69) is 4.98 Å². The molecule has 0 aliphatic carbocycles. The summed E-state index contributed by atoms with van der Waals surface area (Å²) in [7, 11) is 2.89. The minimum atomic E-state index is -5.25. The standard InChI is InChI=1S/C33H32F3N3O7/c1-19-18-39(31(43)38-29(19)41)26-17-23(37-30(42)33(34,35)36)27(46-26)28(40)32(20-11-5-4-6-12-20,21-13-7-9-15-24(21)44-2)22-14-8-10-16-25(22)45-3/h4-16,18,23,26-28,40H,17H2,1-3H3,(H,37,42)(H,38,41,43)/t23?,26-,27+,28?/m1/s1. The third-order valence-corrected chi connectivity index (χ3v) is 8.24. The number of amides is 1. The van der Waals surface area contributed by atoms with Crippen LogP contribution in [0.15, 0.2) is 94.6 Å². The van der Waals surface area contributed by atoms with Gasteiger partial charge in [-0.2, -0.15) is 13.2 Å². The molecule has 13 heteroatoms. The molecule has 10 nitrogen and oxygen atoms in total. The quantitative estimate of drug-likeness (QED) is 0.239. The van der Waals surface area contributed by atoms with Crippen LogP contribution in [0.1, 0.15) is 34.9 Å². The normalized spacial score (nSPS) is 19.0. The first-order valence-electron chi connectivity index (χ1n) is 14.3. The van der Waals surface area contributed by atoms with E-state index in [1.54, 1.807) is 78.9 Å². The molecule has 4 atom stereocenters. The van der Waals surface area contributed by atoms with Crippen molar-refractivity contribution in [1.29, 1.82) is 0 Å². The van der Waals surface area contributed by atoms with Gasteiger partial charge in [-0.1, -0.05) is 66.7 Å². The first-order chi connectivity index (χ1) is 21.9. The Morgan fingerprint density at radius 2 is 1.50 bits per heavy atom. The van der Waals surface area contributed by atoms with Crippen molar-refractivity contribution in [1.82, 2.24) is 14.9 Å². The van der Waals surface area contributed by atoms with Crippen molar-refractivity contribution in [3.05, 3.63) is 128 Å². The fraction of sp³-hybridized carbons (Fsp3) is 0.303. The number of carbonyl (C=O) groups is 1. The summed E-state index contributed by atoms with van der Waals surface area (Å²) in [6.07, 6.45) is -8.95. The van der Waals surface area contributed by atoms with Gasteiger partial charge in [0.1, 0.15) is 29.9 Å². The molecule has 0 saturated carbocycles. The van der Waals surface area contributed by atoms with Gasteiger partial charge in [-0.05, 0) is 24.6 Å². The number of nitrogens with one attached hydrogen (secondary N) is 2. The summed E-state index contributed by atoms with van der Waals surface area (Å²) >= 11 is 0. The molecule has 2 unspecified atom stereocenters. The number of aromatic amines is 1. The van der Waals surface area contributed by atoms with Crippen molar-refractivity contribution in [3.8, 4) is 11.5 Å². The summed E-state index contributed by atoms with van der Waals surface area (Å²) in [6.45, 7) is 1.45. The molecular formula is C33H32F3N3O7. The molecule has 1 saturated heterocycles. The number of aliphatic hydroxyl groups is 1. The van der Waals surface area contributed by atoms with Gasteiger partial charge in [0.2, 0.25) is 0 Å². The molecule has 46 heavy (non-hydrogen) atoms. The Balaban J connectivity index is 1.79. The lowest BCUT2D eigenvalue weighted by Crippen LogP contribution is -2.56. The highest BCUT2D eigenvalue weighted by molar-refractivity contribution is 5.82. The second-order valence-corrected chi connectivity index (χ2v) is 10.9. The van der Waals surface area contributed by atoms with Crippen molar-refractivity contribution < 1.29 is 37.3 Å². The van der Waals surface area contributed by atoms with E-state index >= 15 is 0 Å². The molecule has 4 aromatic rings. The predicted octanol–water partition coefficient (Wildman–Crippen LogP) is 3.59. The molecule has 1 aliphatic heterocycles. The number of methoxy groups -OCH3 is 2. The summed E-state index contributed by atoms with van der Waals surface area (Å²) in [5.41, 5.74) is -1.68. The van der Waals surface area contributed by atoms with E-state index in [9.17, 15) is 32.7 Å². The van der Waals surface area contributed by atoms with Crippen LogP contribution in [0.4, 0.5) is 13.2 Å². The Bertz CT molecular complexity index is 1780. The van der Waals surface area contributed by atoms with Crippen LogP contribution in [-0.4, -0.2) is 59.2 Å². The first-order valence-corrected chi connectivity index (χ1v) is 14.3. The monoisotopic (exact) mass is 639 g/mol. The highest BCUT2D eigenvalue weighted by atomic mass is 19.4. The van der Waals surface area contributed by atoms with Gasteiger partial charge in [0.05, 0.1) is 25.7 Å². The third-order valence-electron chi connectivity index (χ3n) is 8.24. The van der Waals surface area contributed by atoms with Crippen molar-refractivity contribution in [2.45, 2.75) is 49.4 Å². The average molecular weight is 640 g/mol. The SMILES string of the molecule is COc1ccccc1C(c1ccccc1)(c1ccccc1OC)C(O)[C@H]1O[C@@H](n2cc(C)c(=O)[nH]c2=O)CC1NC(=O)C(F)(F)F. The fourth-order valence-corrected chi connectivity index (χ4v) is 6.18. The number of H-pyrrole nitrogens is 1. The summed E-state index contributed by atoms with van der Waals surface area (Å²) in [4.78, 5) is 39.4. The van der Waals surface area contributed by atoms with Gasteiger partial charge in [-0.15, -0.1) is 0 Å². The number of alkyl halides is 3. The number of rotatable bonds is 9. The van der Waals surface area contributed by atoms with Crippen LogP contribution in [0.5, 0.6) is 11.5 Å². The largest absolute Gasteiger partial charge is 0.496 e. The molecule has 242 valence electrons. The molecule has 1 aliphatic rings. The van der Waals surface area contributed by atoms with Gasteiger partial charge in [0, 0.05) is 29.3 Å². The number of nitrogens with zero attached hydrogens (tertiary/aromatic N) is 1. The highest BCUT2D eigenvalue weighted by Gasteiger charge is 2.55. The molecule has 3 aromatic carbocycles. The molecule has 0 radical (unpaired) electrons. The lowest BCUT2D eigenvalue weighted by atomic mass is 9.63. The Kier molecular flexibility index (Phi) is 9.08. The van der Waals surface area contributed by atoms with E-state index in [0.717, 1.165) is 4.57 Å². The molecule has 3 N–H and O–H groups in total. The van der Waals surface area contributed by atoms with Crippen molar-refractivity contribution in [3.63, 3.8) is 0 Å². The van der Waals surface area contributed by atoms with Crippen LogP contribution in [-0.2, 0) is 14.9 Å². The maximum absolute atomic E-state index is 13.6. The number of aliphatic hydroxyl groups excluding tert-OH is 1. The molecule has 0 bridgehead atoms. The second-order valence-electron chi connectivity index (χ2n) is 10.9. The molecule has 2 heterocycles. The third kappa shape index (κ3) is 5.79. The van der Waals surface area contributed by atoms with Crippen LogP contribution in [0.3, 0.4) is 0 Å². The van der Waals surface area contributed by atoms with Crippen LogP contribution >= 0.6 is 0 Å². The van der Waals surface area contributed by atoms with E-state index in [-0.39, 0.29) is 12.0 Å². The van der Waals surface area contributed by atoms with Crippen LogP contribution in [0.2, 0.25) is 0 Å². The van der Waals surface area contributed by atoms with Gasteiger partial charge in [-0.25, -0.2) is 4.79 Å². The lowest BCUT2D eigenvalue weighted by Gasteiger charge is -2.44. The Labute approximate surface area is 261 Å². The predicted molar refractivity (Wildman–Crippen MR) is 161 cm³/mol. The van der Waals surface area contributed by atoms with E-state index in [1.165, 1.54) is 27.3 Å². The maximum Gasteiger partial charge on any atom is 0.471 e. The summed E-state index contributed by atoms with van der Waals surface area (Å²) in [6, 6.07) is 21.0. The zero-order valence-electron chi connectivity index (χ0n) is 25.1. The van der Waals surface area contributed by atoms with E-state index in [1.807, 2.05) is 5.32 Å². The molecule has 1 amide bonds. The minimum absolute atomic E-state index is 0.143. The zero-order valence-corrected chi connectivity index (χ0v) is 25.1. The van der Waals surface area contributed by atoms with Crippen molar-refractivity contribution in [2.24, 2.45) is 0 Å². The zero-order chi connectivity index (χ0) is 33.2. The number of halogens is 3. The number of aryl methyl sites for hydroxylation is 1. The van der Waals surface area contributed by atoms with Gasteiger partial charge in [0.25, 0.3) is 5.56 Å². The van der Waals surface area contributed by atoms with Gasteiger partial charge in [-0.3, -0.25) is 19.1 Å². The van der Waals surface area contributed by atoms with Crippen molar-refractivity contribution in [2.75, 3.05) is 14.2 Å². The smallest absolute Gasteiger partial charge is 0.471 e. The number of hydrogen-bond acceptors (Lipinski definition) is 7. The number of para-hydroxylation sites is 2. The number of aromatic nitrogens is 2. The maximum atomic E-state index is 13.6. The number of ether oxygens (including phenoxy) is 3. The summed E-state index contributed by atoms with van der Waals surface area (Å²) in [5.74, 6) is -1.56. The molecule has 5 rings (SSSR count). The van der Waals surface area contributed by atoms with Crippen LogP contribution in [0, 0.1) is 6.92 Å². The Morgan fingerprint density at radius 1 is 0.957 bits per heavy atom. The van der Waals surface area contributed by atoms with Crippen molar-refractivity contribution >= 4 is 5.91 Å².